The standard InChI is InChI=1S/C11H17NO4/c1-2-6-16-10(15)12-8-11(4-3-5-11)7-9(13)14/h2H,1,3-8H2,(H,12,15)(H,13,14). The normalized spacial score (nSPS) is 17.0. The van der Waals surface area contributed by atoms with Gasteiger partial charge in [-0.1, -0.05) is 19.1 Å². The zero-order valence-electron chi connectivity index (χ0n) is 9.20. The molecule has 1 fully saturated rings. The highest BCUT2D eigenvalue weighted by molar-refractivity contribution is 5.69. The van der Waals surface area contributed by atoms with Gasteiger partial charge in [0.05, 0.1) is 6.42 Å². The highest BCUT2D eigenvalue weighted by atomic mass is 16.5. The Morgan fingerprint density at radius 1 is 1.50 bits per heavy atom. The topological polar surface area (TPSA) is 75.6 Å². The van der Waals surface area contributed by atoms with Crippen LogP contribution in [0, 0.1) is 5.41 Å². The highest BCUT2D eigenvalue weighted by Crippen LogP contribution is 2.43. The van der Waals surface area contributed by atoms with E-state index in [0.717, 1.165) is 19.3 Å². The molecule has 0 aromatic rings. The third kappa shape index (κ3) is 3.56. The Bertz CT molecular complexity index is 284. The molecule has 1 aliphatic rings. The Kier molecular flexibility index (Phi) is 4.34. The van der Waals surface area contributed by atoms with E-state index in [4.69, 9.17) is 9.84 Å². The van der Waals surface area contributed by atoms with Crippen molar-refractivity contribution in [2.75, 3.05) is 13.2 Å². The van der Waals surface area contributed by atoms with Crippen molar-refractivity contribution < 1.29 is 19.4 Å². The maximum atomic E-state index is 11.1. The van der Waals surface area contributed by atoms with E-state index in [2.05, 4.69) is 11.9 Å². The van der Waals surface area contributed by atoms with Crippen LogP contribution in [0.1, 0.15) is 25.7 Å². The number of hydrogen-bond acceptors (Lipinski definition) is 3. The van der Waals surface area contributed by atoms with Gasteiger partial charge in [-0.25, -0.2) is 4.79 Å². The van der Waals surface area contributed by atoms with Crippen LogP contribution in [0.5, 0.6) is 0 Å². The van der Waals surface area contributed by atoms with Gasteiger partial charge in [0.15, 0.2) is 0 Å². The van der Waals surface area contributed by atoms with Gasteiger partial charge in [-0.15, -0.1) is 0 Å². The molecule has 0 aliphatic heterocycles. The number of hydrogen-bond donors (Lipinski definition) is 2. The monoisotopic (exact) mass is 227 g/mol. The molecule has 5 heteroatoms. The van der Waals surface area contributed by atoms with Crippen LogP contribution in [0.25, 0.3) is 0 Å². The smallest absolute Gasteiger partial charge is 0.407 e. The van der Waals surface area contributed by atoms with Gasteiger partial charge in [0.25, 0.3) is 0 Å². The van der Waals surface area contributed by atoms with E-state index in [0.29, 0.717) is 6.54 Å². The Hall–Kier alpha value is -1.52. The van der Waals surface area contributed by atoms with Crippen molar-refractivity contribution in [1.82, 2.24) is 5.32 Å². The van der Waals surface area contributed by atoms with Crippen LogP contribution in [0.15, 0.2) is 12.7 Å². The van der Waals surface area contributed by atoms with Gasteiger partial charge in [0, 0.05) is 6.54 Å². The number of carbonyl (C=O) groups excluding carboxylic acids is 1. The van der Waals surface area contributed by atoms with Crippen molar-refractivity contribution in [3.63, 3.8) is 0 Å². The second kappa shape index (κ2) is 5.53. The molecule has 1 saturated carbocycles. The van der Waals surface area contributed by atoms with Crippen LogP contribution in [0.4, 0.5) is 4.79 Å². The van der Waals surface area contributed by atoms with Gasteiger partial charge in [-0.2, -0.15) is 0 Å². The van der Waals surface area contributed by atoms with Gasteiger partial charge < -0.3 is 15.2 Å². The van der Waals surface area contributed by atoms with Gasteiger partial charge in [0.2, 0.25) is 0 Å². The second-order valence-corrected chi connectivity index (χ2v) is 4.16. The van der Waals surface area contributed by atoms with Gasteiger partial charge >= 0.3 is 12.1 Å². The number of ether oxygens (including phenoxy) is 1. The molecule has 1 rings (SSSR count). The van der Waals surface area contributed by atoms with E-state index >= 15 is 0 Å². The largest absolute Gasteiger partial charge is 0.481 e. The van der Waals surface area contributed by atoms with E-state index in [9.17, 15) is 9.59 Å². The average molecular weight is 227 g/mol. The quantitative estimate of drug-likeness (QED) is 0.675. The molecule has 16 heavy (non-hydrogen) atoms. The Labute approximate surface area is 94.5 Å². The molecule has 0 atom stereocenters. The zero-order valence-corrected chi connectivity index (χ0v) is 9.20. The zero-order chi connectivity index (χ0) is 12.0. The predicted octanol–water partition coefficient (Wildman–Crippen LogP) is 1.54. The van der Waals surface area contributed by atoms with Gasteiger partial charge in [-0.3, -0.25) is 4.79 Å². The number of rotatable bonds is 6. The third-order valence-corrected chi connectivity index (χ3v) is 2.88. The SMILES string of the molecule is C=CCOC(=O)NCC1(CC(=O)O)CCC1. The maximum Gasteiger partial charge on any atom is 0.407 e. The summed E-state index contributed by atoms with van der Waals surface area (Å²) >= 11 is 0. The summed E-state index contributed by atoms with van der Waals surface area (Å²) in [5.41, 5.74) is -0.265. The van der Waals surface area contributed by atoms with Crippen LogP contribution in [-0.2, 0) is 9.53 Å². The fourth-order valence-electron chi connectivity index (χ4n) is 1.86. The van der Waals surface area contributed by atoms with Crippen molar-refractivity contribution in [3.05, 3.63) is 12.7 Å². The van der Waals surface area contributed by atoms with Crippen LogP contribution in [-0.4, -0.2) is 30.3 Å². The molecule has 1 amide bonds. The van der Waals surface area contributed by atoms with E-state index in [-0.39, 0.29) is 18.4 Å². The maximum absolute atomic E-state index is 11.1. The van der Waals surface area contributed by atoms with E-state index in [1.165, 1.54) is 6.08 Å². The number of alkyl carbamates (subject to hydrolysis) is 1. The fraction of sp³-hybridized carbons (Fsp3) is 0.636. The molecule has 0 bridgehead atoms. The summed E-state index contributed by atoms with van der Waals surface area (Å²) in [6, 6.07) is 0. The molecule has 0 heterocycles. The minimum atomic E-state index is -0.819. The summed E-state index contributed by atoms with van der Waals surface area (Å²) in [6.45, 7) is 3.96. The average Bonchev–Trinajstić information content (AvgIpc) is 2.18. The lowest BCUT2D eigenvalue weighted by atomic mass is 9.66. The minimum Gasteiger partial charge on any atom is -0.481 e. The Morgan fingerprint density at radius 2 is 2.19 bits per heavy atom. The summed E-state index contributed by atoms with van der Waals surface area (Å²) in [4.78, 5) is 21.8. The molecule has 0 unspecified atom stereocenters. The molecule has 0 aromatic carbocycles. The van der Waals surface area contributed by atoms with Crippen molar-refractivity contribution >= 4 is 12.1 Å². The Balaban J connectivity index is 2.31. The summed E-state index contributed by atoms with van der Waals surface area (Å²) < 4.78 is 4.74. The molecular formula is C11H17NO4. The van der Waals surface area contributed by atoms with Gasteiger partial charge in [-0.05, 0) is 18.3 Å². The lowest BCUT2D eigenvalue weighted by Crippen LogP contribution is -2.43. The predicted molar refractivity (Wildman–Crippen MR) is 58.1 cm³/mol. The second-order valence-electron chi connectivity index (χ2n) is 4.16. The number of aliphatic carboxylic acids is 1. The molecular weight excluding hydrogens is 210 g/mol. The van der Waals surface area contributed by atoms with E-state index in [1.54, 1.807) is 0 Å². The van der Waals surface area contributed by atoms with Crippen molar-refractivity contribution in [2.45, 2.75) is 25.7 Å². The van der Waals surface area contributed by atoms with Crippen LogP contribution in [0.3, 0.4) is 0 Å². The molecule has 0 spiro atoms. The summed E-state index contributed by atoms with van der Waals surface area (Å²) in [7, 11) is 0. The number of carbonyl (C=O) groups is 2. The first kappa shape index (κ1) is 12.5. The fourth-order valence-corrected chi connectivity index (χ4v) is 1.86. The number of carboxylic acids is 1. The lowest BCUT2D eigenvalue weighted by molar-refractivity contribution is -0.141. The highest BCUT2D eigenvalue weighted by Gasteiger charge is 2.39. The molecule has 2 N–H and O–H groups in total. The van der Waals surface area contributed by atoms with Crippen molar-refractivity contribution in [3.8, 4) is 0 Å². The number of nitrogens with one attached hydrogen (secondary N) is 1. The van der Waals surface area contributed by atoms with Crippen LogP contribution < -0.4 is 5.32 Å². The first-order valence-corrected chi connectivity index (χ1v) is 5.31. The molecule has 90 valence electrons. The number of carboxylic acid groups (broad SMARTS) is 1. The van der Waals surface area contributed by atoms with Crippen LogP contribution in [0.2, 0.25) is 0 Å². The lowest BCUT2D eigenvalue weighted by Gasteiger charge is -2.40. The summed E-state index contributed by atoms with van der Waals surface area (Å²) in [6.07, 6.45) is 3.79. The first-order chi connectivity index (χ1) is 7.58. The molecule has 0 saturated heterocycles. The van der Waals surface area contributed by atoms with Crippen molar-refractivity contribution in [1.29, 1.82) is 0 Å². The van der Waals surface area contributed by atoms with Crippen molar-refractivity contribution in [2.24, 2.45) is 5.41 Å². The van der Waals surface area contributed by atoms with Gasteiger partial charge in [0.1, 0.15) is 6.61 Å². The van der Waals surface area contributed by atoms with E-state index in [1.807, 2.05) is 0 Å². The third-order valence-electron chi connectivity index (χ3n) is 2.88. The summed E-state index contributed by atoms with van der Waals surface area (Å²) in [5, 5.41) is 11.4. The molecule has 0 radical (unpaired) electrons. The Morgan fingerprint density at radius 3 is 2.62 bits per heavy atom. The molecule has 1 aliphatic carbocycles. The number of amides is 1. The minimum absolute atomic E-state index is 0.106. The van der Waals surface area contributed by atoms with Crippen LogP contribution >= 0.6 is 0 Å². The first-order valence-electron chi connectivity index (χ1n) is 5.31. The molecule has 5 nitrogen and oxygen atoms in total. The summed E-state index contributed by atoms with van der Waals surface area (Å²) in [5.74, 6) is -0.819. The van der Waals surface area contributed by atoms with E-state index < -0.39 is 12.1 Å². The molecule has 0 aromatic heterocycles.